The fourth-order valence-corrected chi connectivity index (χ4v) is 2.79. The second-order valence-corrected chi connectivity index (χ2v) is 6.17. The molecule has 0 amide bonds. The zero-order valence-electron chi connectivity index (χ0n) is 12.7. The second-order valence-electron chi connectivity index (χ2n) is 4.85. The maximum absolute atomic E-state index is 5.99. The lowest BCUT2D eigenvalue weighted by atomic mass is 10.4. The number of hydrogen-bond donors (Lipinski definition) is 2. The summed E-state index contributed by atoms with van der Waals surface area (Å²) >= 11 is 7.50. The SMILES string of the molecule is Clc1nc(NCc2ccncn2)c2nc(OCc3nccs3)[nH]c2n1. The lowest BCUT2D eigenvalue weighted by molar-refractivity contribution is 0.284. The first-order valence-electron chi connectivity index (χ1n) is 7.21. The summed E-state index contributed by atoms with van der Waals surface area (Å²) in [5.74, 6) is 0.494. The van der Waals surface area contributed by atoms with Crippen LogP contribution < -0.4 is 10.1 Å². The van der Waals surface area contributed by atoms with Crippen molar-refractivity contribution in [2.75, 3.05) is 5.32 Å². The molecule has 0 bridgehead atoms. The number of aromatic amines is 1. The largest absolute Gasteiger partial charge is 0.457 e. The standard InChI is InChI=1S/C14H11ClN8OS/c15-13-21-11(18-5-8-1-2-16-7-19-8)10-12(22-13)23-14(20-10)24-6-9-17-3-4-25-9/h1-4,7H,5-6H2,(H2,18,20,21,22,23). The number of anilines is 1. The number of nitrogens with zero attached hydrogens (tertiary/aromatic N) is 6. The Bertz CT molecular complexity index is 975. The van der Waals surface area contributed by atoms with E-state index in [4.69, 9.17) is 16.3 Å². The molecule has 2 N–H and O–H groups in total. The van der Waals surface area contributed by atoms with Crippen LogP contribution in [-0.4, -0.2) is 34.9 Å². The third kappa shape index (κ3) is 3.64. The van der Waals surface area contributed by atoms with Crippen LogP contribution in [0.3, 0.4) is 0 Å². The summed E-state index contributed by atoms with van der Waals surface area (Å²) in [7, 11) is 0. The van der Waals surface area contributed by atoms with Gasteiger partial charge in [0.15, 0.2) is 17.0 Å². The van der Waals surface area contributed by atoms with Gasteiger partial charge in [-0.1, -0.05) is 0 Å². The average molecular weight is 375 g/mol. The predicted molar refractivity (Wildman–Crippen MR) is 92.5 cm³/mol. The monoisotopic (exact) mass is 374 g/mol. The molecule has 4 aromatic rings. The Hall–Kier alpha value is -2.85. The van der Waals surface area contributed by atoms with Gasteiger partial charge in [0.1, 0.15) is 17.9 Å². The number of rotatable bonds is 6. The molecule has 0 fully saturated rings. The molecule has 0 saturated carbocycles. The van der Waals surface area contributed by atoms with E-state index in [1.807, 2.05) is 5.38 Å². The van der Waals surface area contributed by atoms with E-state index in [1.54, 1.807) is 18.5 Å². The van der Waals surface area contributed by atoms with Gasteiger partial charge < -0.3 is 10.1 Å². The van der Waals surface area contributed by atoms with E-state index < -0.39 is 0 Å². The molecule has 4 aromatic heterocycles. The number of nitrogens with one attached hydrogen (secondary N) is 2. The van der Waals surface area contributed by atoms with Crippen LogP contribution in [0.2, 0.25) is 5.28 Å². The van der Waals surface area contributed by atoms with Gasteiger partial charge in [0, 0.05) is 17.8 Å². The van der Waals surface area contributed by atoms with E-state index in [2.05, 4.69) is 40.2 Å². The molecule has 4 rings (SSSR count). The Kier molecular flexibility index (Phi) is 4.36. The average Bonchev–Trinajstić information content (AvgIpc) is 3.28. The highest BCUT2D eigenvalue weighted by Gasteiger charge is 2.13. The zero-order valence-corrected chi connectivity index (χ0v) is 14.3. The van der Waals surface area contributed by atoms with Crippen LogP contribution in [-0.2, 0) is 13.2 Å². The van der Waals surface area contributed by atoms with Gasteiger partial charge in [-0.05, 0) is 17.7 Å². The Morgan fingerprint density at radius 1 is 1.20 bits per heavy atom. The van der Waals surface area contributed by atoms with Crippen molar-refractivity contribution in [1.29, 1.82) is 0 Å². The zero-order chi connectivity index (χ0) is 17.1. The second kappa shape index (κ2) is 6.95. The van der Waals surface area contributed by atoms with Gasteiger partial charge in [-0.25, -0.2) is 15.0 Å². The van der Waals surface area contributed by atoms with Crippen molar-refractivity contribution >= 4 is 39.9 Å². The minimum Gasteiger partial charge on any atom is -0.457 e. The van der Waals surface area contributed by atoms with Crippen LogP contribution >= 0.6 is 22.9 Å². The topological polar surface area (TPSA) is 114 Å². The minimum absolute atomic E-state index is 0.104. The van der Waals surface area contributed by atoms with Gasteiger partial charge in [-0.2, -0.15) is 15.0 Å². The van der Waals surface area contributed by atoms with Crippen LogP contribution in [0, 0.1) is 0 Å². The molecular formula is C14H11ClN8OS. The van der Waals surface area contributed by atoms with E-state index in [0.29, 0.717) is 36.1 Å². The van der Waals surface area contributed by atoms with Crippen LogP contribution in [0.25, 0.3) is 11.2 Å². The summed E-state index contributed by atoms with van der Waals surface area (Å²) in [5.41, 5.74) is 1.83. The Labute approximate surface area is 150 Å². The molecule has 0 spiro atoms. The summed E-state index contributed by atoms with van der Waals surface area (Å²) < 4.78 is 5.62. The van der Waals surface area contributed by atoms with Gasteiger partial charge in [0.2, 0.25) is 5.28 Å². The van der Waals surface area contributed by atoms with Crippen LogP contribution in [0.15, 0.2) is 30.2 Å². The van der Waals surface area contributed by atoms with Crippen molar-refractivity contribution in [2.45, 2.75) is 13.2 Å². The van der Waals surface area contributed by atoms with E-state index in [0.717, 1.165) is 10.7 Å². The van der Waals surface area contributed by atoms with Crippen LogP contribution in [0.5, 0.6) is 6.01 Å². The van der Waals surface area contributed by atoms with Gasteiger partial charge in [0.25, 0.3) is 6.01 Å². The quantitative estimate of drug-likeness (QED) is 0.494. The van der Waals surface area contributed by atoms with Gasteiger partial charge >= 0.3 is 0 Å². The lowest BCUT2D eigenvalue weighted by Crippen LogP contribution is -2.04. The Balaban J connectivity index is 1.55. The van der Waals surface area contributed by atoms with Crippen LogP contribution in [0.1, 0.15) is 10.7 Å². The predicted octanol–water partition coefficient (Wildman–Crippen LogP) is 2.44. The van der Waals surface area contributed by atoms with Crippen molar-refractivity contribution in [2.24, 2.45) is 0 Å². The molecule has 25 heavy (non-hydrogen) atoms. The maximum atomic E-state index is 5.99. The van der Waals surface area contributed by atoms with E-state index >= 15 is 0 Å². The van der Waals surface area contributed by atoms with Crippen molar-refractivity contribution in [3.63, 3.8) is 0 Å². The maximum Gasteiger partial charge on any atom is 0.296 e. The van der Waals surface area contributed by atoms with E-state index in [-0.39, 0.29) is 5.28 Å². The smallest absolute Gasteiger partial charge is 0.296 e. The fourth-order valence-electron chi connectivity index (χ4n) is 2.09. The first-order valence-corrected chi connectivity index (χ1v) is 8.47. The third-order valence-electron chi connectivity index (χ3n) is 3.19. The highest BCUT2D eigenvalue weighted by molar-refractivity contribution is 7.09. The number of H-pyrrole nitrogens is 1. The highest BCUT2D eigenvalue weighted by atomic mass is 35.5. The molecule has 0 atom stereocenters. The van der Waals surface area contributed by atoms with Crippen molar-refractivity contribution in [3.8, 4) is 6.01 Å². The van der Waals surface area contributed by atoms with Gasteiger partial charge in [-0.3, -0.25) is 4.98 Å². The Morgan fingerprint density at radius 2 is 2.16 bits per heavy atom. The molecule has 0 aromatic carbocycles. The molecule has 126 valence electrons. The van der Waals surface area contributed by atoms with Crippen molar-refractivity contribution < 1.29 is 4.74 Å². The lowest BCUT2D eigenvalue weighted by Gasteiger charge is -2.05. The minimum atomic E-state index is 0.104. The number of imidazole rings is 1. The van der Waals surface area contributed by atoms with Crippen molar-refractivity contribution in [1.82, 2.24) is 34.9 Å². The summed E-state index contributed by atoms with van der Waals surface area (Å²) in [6.07, 6.45) is 4.88. The molecule has 0 aliphatic carbocycles. The molecular weight excluding hydrogens is 364 g/mol. The number of aromatic nitrogens is 7. The molecule has 0 saturated heterocycles. The summed E-state index contributed by atoms with van der Waals surface area (Å²) in [6, 6.07) is 2.13. The molecule has 0 aliphatic heterocycles. The molecule has 4 heterocycles. The number of ether oxygens (including phenoxy) is 1. The first kappa shape index (κ1) is 15.7. The Morgan fingerprint density at radius 3 is 2.96 bits per heavy atom. The summed E-state index contributed by atoms with van der Waals surface area (Å²) in [5, 5.41) is 6.00. The molecule has 0 aliphatic rings. The van der Waals surface area contributed by atoms with E-state index in [9.17, 15) is 0 Å². The normalized spacial score (nSPS) is 10.9. The molecule has 0 unspecified atom stereocenters. The van der Waals surface area contributed by atoms with Gasteiger partial charge in [0.05, 0.1) is 12.2 Å². The number of thiazole rings is 1. The molecule has 0 radical (unpaired) electrons. The first-order chi connectivity index (χ1) is 12.3. The summed E-state index contributed by atoms with van der Waals surface area (Å²) in [4.78, 5) is 27.9. The number of halogens is 1. The molecule has 9 nitrogen and oxygen atoms in total. The van der Waals surface area contributed by atoms with Crippen molar-refractivity contribution in [3.05, 3.63) is 46.2 Å². The van der Waals surface area contributed by atoms with Crippen LogP contribution in [0.4, 0.5) is 5.82 Å². The highest BCUT2D eigenvalue weighted by Crippen LogP contribution is 2.23. The molecule has 11 heteroatoms. The summed E-state index contributed by atoms with van der Waals surface area (Å²) in [6.45, 7) is 0.773. The number of hydrogen-bond acceptors (Lipinski definition) is 9. The fraction of sp³-hybridized carbons (Fsp3) is 0.143. The van der Waals surface area contributed by atoms with E-state index in [1.165, 1.54) is 17.7 Å². The van der Waals surface area contributed by atoms with Gasteiger partial charge in [-0.15, -0.1) is 11.3 Å². The third-order valence-corrected chi connectivity index (χ3v) is 4.11. The number of fused-ring (bicyclic) bond motifs is 1.